The molecule has 0 atom stereocenters. The van der Waals surface area contributed by atoms with E-state index < -0.39 is 0 Å². The average molecular weight is 248 g/mol. The van der Waals surface area contributed by atoms with Crippen LogP contribution in [0, 0.1) is 0 Å². The highest BCUT2D eigenvalue weighted by molar-refractivity contribution is 5.93. The fourth-order valence-corrected chi connectivity index (χ4v) is 2.26. The third-order valence-electron chi connectivity index (χ3n) is 3.25. The summed E-state index contributed by atoms with van der Waals surface area (Å²) in [5.74, 6) is 0. The molecule has 0 aliphatic heterocycles. The molecule has 19 heavy (non-hydrogen) atoms. The summed E-state index contributed by atoms with van der Waals surface area (Å²) < 4.78 is 0. The molecule has 0 aliphatic rings. The lowest BCUT2D eigenvalue weighted by Crippen LogP contribution is -2.05. The second kappa shape index (κ2) is 5.53. The number of fused-ring (bicyclic) bond motifs is 1. The molecule has 1 heterocycles. The summed E-state index contributed by atoms with van der Waals surface area (Å²) in [6.45, 7) is 0.936. The first-order chi connectivity index (χ1) is 9.43. The van der Waals surface area contributed by atoms with E-state index in [4.69, 9.17) is 0 Å². The van der Waals surface area contributed by atoms with Gasteiger partial charge in [0.2, 0.25) is 0 Å². The summed E-state index contributed by atoms with van der Waals surface area (Å²) in [5, 5.41) is 5.91. The third-order valence-corrected chi connectivity index (χ3v) is 3.25. The number of aromatic nitrogens is 1. The maximum absolute atomic E-state index is 4.15. The van der Waals surface area contributed by atoms with Crippen molar-refractivity contribution in [2.45, 2.75) is 6.42 Å². The van der Waals surface area contributed by atoms with Gasteiger partial charge >= 0.3 is 0 Å². The van der Waals surface area contributed by atoms with Gasteiger partial charge in [-0.2, -0.15) is 0 Å². The lowest BCUT2D eigenvalue weighted by Gasteiger charge is -2.09. The van der Waals surface area contributed by atoms with Crippen LogP contribution < -0.4 is 5.32 Å². The monoisotopic (exact) mass is 248 g/mol. The van der Waals surface area contributed by atoms with Gasteiger partial charge in [0.15, 0.2) is 0 Å². The number of benzene rings is 2. The molecule has 0 saturated heterocycles. The molecule has 0 saturated carbocycles. The van der Waals surface area contributed by atoms with Crippen molar-refractivity contribution >= 4 is 16.5 Å². The van der Waals surface area contributed by atoms with Crippen LogP contribution in [0.1, 0.15) is 5.56 Å². The molecule has 3 rings (SSSR count). The van der Waals surface area contributed by atoms with Crippen molar-refractivity contribution < 1.29 is 0 Å². The van der Waals surface area contributed by atoms with Gasteiger partial charge < -0.3 is 5.32 Å². The Morgan fingerprint density at radius 3 is 2.68 bits per heavy atom. The van der Waals surface area contributed by atoms with Crippen LogP contribution in [-0.2, 0) is 6.42 Å². The molecule has 0 unspecified atom stereocenters. The van der Waals surface area contributed by atoms with Crippen molar-refractivity contribution in [2.24, 2.45) is 0 Å². The van der Waals surface area contributed by atoms with Gasteiger partial charge in [-0.3, -0.25) is 4.98 Å². The standard InChI is InChI=1S/C17H16N2/c1-2-5-14(6-3-1)9-12-19-17-8-4-7-15-13-18-11-10-16(15)17/h1-8,10-11,13,19H,9,12H2. The smallest absolute Gasteiger partial charge is 0.0421 e. The van der Waals surface area contributed by atoms with Crippen LogP contribution in [0.3, 0.4) is 0 Å². The predicted molar refractivity (Wildman–Crippen MR) is 80.4 cm³/mol. The van der Waals surface area contributed by atoms with Gasteiger partial charge in [0.25, 0.3) is 0 Å². The van der Waals surface area contributed by atoms with Crippen LogP contribution in [0.4, 0.5) is 5.69 Å². The van der Waals surface area contributed by atoms with E-state index in [0.29, 0.717) is 0 Å². The molecule has 0 radical (unpaired) electrons. The zero-order valence-corrected chi connectivity index (χ0v) is 10.7. The van der Waals surface area contributed by atoms with Crippen molar-refractivity contribution in [3.63, 3.8) is 0 Å². The highest BCUT2D eigenvalue weighted by Crippen LogP contribution is 2.21. The highest BCUT2D eigenvalue weighted by atomic mass is 14.9. The summed E-state index contributed by atoms with van der Waals surface area (Å²) in [5.41, 5.74) is 2.53. The van der Waals surface area contributed by atoms with E-state index >= 15 is 0 Å². The van der Waals surface area contributed by atoms with Crippen LogP contribution in [0.2, 0.25) is 0 Å². The van der Waals surface area contributed by atoms with E-state index in [2.05, 4.69) is 64.9 Å². The predicted octanol–water partition coefficient (Wildman–Crippen LogP) is 3.89. The van der Waals surface area contributed by atoms with Gasteiger partial charge in [-0.25, -0.2) is 0 Å². The van der Waals surface area contributed by atoms with Crippen molar-refractivity contribution in [1.82, 2.24) is 4.98 Å². The number of nitrogens with zero attached hydrogens (tertiary/aromatic N) is 1. The molecule has 0 bridgehead atoms. The number of hydrogen-bond acceptors (Lipinski definition) is 2. The molecule has 94 valence electrons. The van der Waals surface area contributed by atoms with Crippen LogP contribution >= 0.6 is 0 Å². The Morgan fingerprint density at radius 2 is 1.79 bits per heavy atom. The van der Waals surface area contributed by atoms with E-state index in [1.54, 1.807) is 0 Å². The molecule has 0 spiro atoms. The Kier molecular flexibility index (Phi) is 3.41. The molecule has 0 aliphatic carbocycles. The molecular formula is C17H16N2. The van der Waals surface area contributed by atoms with Crippen LogP contribution in [-0.4, -0.2) is 11.5 Å². The molecule has 0 fully saturated rings. The molecular weight excluding hydrogens is 232 g/mol. The number of nitrogens with one attached hydrogen (secondary N) is 1. The second-order valence-electron chi connectivity index (χ2n) is 4.56. The maximum atomic E-state index is 4.15. The number of rotatable bonds is 4. The molecule has 3 aromatic rings. The summed E-state index contributed by atoms with van der Waals surface area (Å²) in [6.07, 6.45) is 4.77. The Balaban J connectivity index is 1.72. The van der Waals surface area contributed by atoms with Gasteiger partial charge in [0.1, 0.15) is 0 Å². The Hall–Kier alpha value is -2.35. The van der Waals surface area contributed by atoms with Crippen LogP contribution in [0.5, 0.6) is 0 Å². The summed E-state index contributed by atoms with van der Waals surface area (Å²) in [6, 6.07) is 18.9. The average Bonchev–Trinajstić information content (AvgIpc) is 2.49. The van der Waals surface area contributed by atoms with Gasteiger partial charge in [-0.15, -0.1) is 0 Å². The maximum Gasteiger partial charge on any atom is 0.0421 e. The van der Waals surface area contributed by atoms with Crippen molar-refractivity contribution in [2.75, 3.05) is 11.9 Å². The number of anilines is 1. The molecule has 2 aromatic carbocycles. The van der Waals surface area contributed by atoms with Gasteiger partial charge in [0, 0.05) is 35.4 Å². The van der Waals surface area contributed by atoms with Crippen LogP contribution in [0.15, 0.2) is 67.0 Å². The minimum Gasteiger partial charge on any atom is -0.384 e. The van der Waals surface area contributed by atoms with E-state index in [1.165, 1.54) is 22.0 Å². The van der Waals surface area contributed by atoms with E-state index in [0.717, 1.165) is 13.0 Å². The first kappa shape index (κ1) is 11.7. The number of hydrogen-bond donors (Lipinski definition) is 1. The van der Waals surface area contributed by atoms with Crippen molar-refractivity contribution in [3.8, 4) is 0 Å². The van der Waals surface area contributed by atoms with E-state index in [-0.39, 0.29) is 0 Å². The van der Waals surface area contributed by atoms with Crippen molar-refractivity contribution in [3.05, 3.63) is 72.6 Å². The highest BCUT2D eigenvalue weighted by Gasteiger charge is 1.99. The zero-order chi connectivity index (χ0) is 12.9. The normalized spacial score (nSPS) is 10.5. The minimum atomic E-state index is 0.936. The van der Waals surface area contributed by atoms with Gasteiger partial charge in [-0.1, -0.05) is 42.5 Å². The quantitative estimate of drug-likeness (QED) is 0.757. The zero-order valence-electron chi connectivity index (χ0n) is 10.7. The molecule has 2 nitrogen and oxygen atoms in total. The Morgan fingerprint density at radius 1 is 0.895 bits per heavy atom. The first-order valence-corrected chi connectivity index (χ1v) is 6.54. The van der Waals surface area contributed by atoms with E-state index in [9.17, 15) is 0 Å². The van der Waals surface area contributed by atoms with Gasteiger partial charge in [-0.05, 0) is 24.1 Å². The third kappa shape index (κ3) is 2.74. The van der Waals surface area contributed by atoms with Crippen LogP contribution in [0.25, 0.3) is 10.8 Å². The topological polar surface area (TPSA) is 24.9 Å². The Labute approximate surface area is 113 Å². The molecule has 1 aromatic heterocycles. The van der Waals surface area contributed by atoms with E-state index in [1.807, 2.05) is 12.4 Å². The summed E-state index contributed by atoms with van der Waals surface area (Å²) in [7, 11) is 0. The lowest BCUT2D eigenvalue weighted by atomic mass is 10.1. The fraction of sp³-hybridized carbons (Fsp3) is 0.118. The summed E-state index contributed by atoms with van der Waals surface area (Å²) >= 11 is 0. The molecule has 1 N–H and O–H groups in total. The second-order valence-corrected chi connectivity index (χ2v) is 4.56. The fourth-order valence-electron chi connectivity index (χ4n) is 2.26. The molecule has 0 amide bonds. The number of pyridine rings is 1. The minimum absolute atomic E-state index is 0.936. The SMILES string of the molecule is c1ccc(CCNc2cccc3cnccc23)cc1. The largest absolute Gasteiger partial charge is 0.384 e. The summed E-state index contributed by atoms with van der Waals surface area (Å²) in [4.78, 5) is 4.15. The first-order valence-electron chi connectivity index (χ1n) is 6.54. The Bertz CT molecular complexity index is 657. The molecule has 2 heteroatoms. The van der Waals surface area contributed by atoms with Gasteiger partial charge in [0.05, 0.1) is 0 Å². The van der Waals surface area contributed by atoms with Crippen molar-refractivity contribution in [1.29, 1.82) is 0 Å². The lowest BCUT2D eigenvalue weighted by molar-refractivity contribution is 1.02.